The maximum Gasteiger partial charge on any atom is 0.235 e. The number of ether oxygens (including phenoxy) is 2. The molecule has 3 N–H and O–H groups in total. The van der Waals surface area contributed by atoms with Crippen molar-refractivity contribution in [3.8, 4) is 0 Å². The van der Waals surface area contributed by atoms with Gasteiger partial charge in [-0.3, -0.25) is 9.79 Å². The van der Waals surface area contributed by atoms with Crippen LogP contribution in [0.1, 0.15) is 18.4 Å². The zero-order valence-electron chi connectivity index (χ0n) is 10.9. The van der Waals surface area contributed by atoms with Gasteiger partial charge in [0.15, 0.2) is 0 Å². The Hall–Kier alpha value is -1.92. The predicted molar refractivity (Wildman–Crippen MR) is 73.9 cm³/mol. The molecule has 104 valence electrons. The number of fused-ring (bicyclic) bond motifs is 2. The number of nitrogen functional groups attached to an aromatic ring is 1. The number of hydrogen-bond acceptors (Lipinski definition) is 5. The highest BCUT2D eigenvalue weighted by Gasteiger charge is 2.43. The van der Waals surface area contributed by atoms with Gasteiger partial charge >= 0.3 is 0 Å². The topological polar surface area (TPSA) is 85.9 Å². The normalized spacial score (nSPS) is 22.2. The molecule has 0 aromatic heterocycles. The minimum Gasteiger partial charge on any atom is -0.399 e. The first-order valence-corrected chi connectivity index (χ1v) is 6.76. The van der Waals surface area contributed by atoms with Gasteiger partial charge in [0.2, 0.25) is 11.7 Å². The smallest absolute Gasteiger partial charge is 0.235 e. The van der Waals surface area contributed by atoms with Crippen molar-refractivity contribution >= 4 is 29.2 Å². The van der Waals surface area contributed by atoms with Crippen LogP contribution in [0.15, 0.2) is 17.1 Å². The van der Waals surface area contributed by atoms with Crippen LogP contribution >= 0.6 is 0 Å². The van der Waals surface area contributed by atoms with Crippen molar-refractivity contribution < 1.29 is 14.3 Å². The molecule has 6 nitrogen and oxygen atoms in total. The number of carbonyl (C=O) groups is 1. The van der Waals surface area contributed by atoms with Crippen molar-refractivity contribution in [3.05, 3.63) is 17.7 Å². The van der Waals surface area contributed by atoms with Gasteiger partial charge in [-0.05, 0) is 25.0 Å². The molecule has 1 spiro atoms. The second-order valence-electron chi connectivity index (χ2n) is 5.35. The molecule has 0 radical (unpaired) electrons. The predicted octanol–water partition coefficient (Wildman–Crippen LogP) is 1.53. The van der Waals surface area contributed by atoms with E-state index in [2.05, 4.69) is 10.3 Å². The van der Waals surface area contributed by atoms with E-state index >= 15 is 0 Å². The fourth-order valence-electron chi connectivity index (χ4n) is 2.61. The number of nitrogens with one attached hydrogen (secondary N) is 1. The Morgan fingerprint density at radius 2 is 2.10 bits per heavy atom. The Balaban J connectivity index is 1.74. The maximum absolute atomic E-state index is 11.9. The standard InChI is InChI=1S/C14H15N3O3/c15-9-5-10-12(16-7-14(10)19-3-4-20-14)11(6-9)17-13(18)8-1-2-8/h5-8H,1-4,15H2,(H,17,18). The first kappa shape index (κ1) is 11.9. The van der Waals surface area contributed by atoms with Crippen molar-refractivity contribution in [3.63, 3.8) is 0 Å². The highest BCUT2D eigenvalue weighted by molar-refractivity contribution is 6.00. The Kier molecular flexibility index (Phi) is 2.40. The number of amides is 1. The van der Waals surface area contributed by atoms with E-state index in [1.807, 2.05) is 0 Å². The summed E-state index contributed by atoms with van der Waals surface area (Å²) in [5, 5.41) is 2.91. The van der Waals surface area contributed by atoms with Gasteiger partial charge in [0.25, 0.3) is 0 Å². The lowest BCUT2D eigenvalue weighted by Crippen LogP contribution is -2.26. The second-order valence-corrected chi connectivity index (χ2v) is 5.35. The minimum atomic E-state index is -0.927. The van der Waals surface area contributed by atoms with Crippen LogP contribution in [-0.2, 0) is 20.1 Å². The monoisotopic (exact) mass is 273 g/mol. The molecule has 1 aromatic carbocycles. The van der Waals surface area contributed by atoms with Crippen molar-refractivity contribution in [2.45, 2.75) is 18.6 Å². The van der Waals surface area contributed by atoms with Gasteiger partial charge in [-0.1, -0.05) is 0 Å². The zero-order valence-corrected chi connectivity index (χ0v) is 10.9. The molecule has 1 saturated heterocycles. The summed E-state index contributed by atoms with van der Waals surface area (Å²) in [6.07, 6.45) is 3.54. The lowest BCUT2D eigenvalue weighted by Gasteiger charge is -2.21. The SMILES string of the molecule is Nc1cc(NC(=O)C2CC2)c2c(c1)C1(C=N2)OCCO1. The Bertz CT molecular complexity index is 616. The van der Waals surface area contributed by atoms with E-state index in [-0.39, 0.29) is 11.8 Å². The van der Waals surface area contributed by atoms with Crippen LogP contribution in [0.25, 0.3) is 0 Å². The summed E-state index contributed by atoms with van der Waals surface area (Å²) < 4.78 is 11.3. The van der Waals surface area contributed by atoms with Crippen molar-refractivity contribution in [2.75, 3.05) is 24.3 Å². The van der Waals surface area contributed by atoms with Crippen LogP contribution in [0.2, 0.25) is 0 Å². The summed E-state index contributed by atoms with van der Waals surface area (Å²) >= 11 is 0. The van der Waals surface area contributed by atoms with Gasteiger partial charge in [0, 0.05) is 17.2 Å². The van der Waals surface area contributed by atoms with Crippen molar-refractivity contribution in [1.29, 1.82) is 0 Å². The Morgan fingerprint density at radius 1 is 1.35 bits per heavy atom. The molecule has 3 aliphatic rings. The molecule has 1 aromatic rings. The Morgan fingerprint density at radius 3 is 2.80 bits per heavy atom. The van der Waals surface area contributed by atoms with Gasteiger partial charge in [-0.25, -0.2) is 0 Å². The van der Waals surface area contributed by atoms with Crippen LogP contribution < -0.4 is 11.1 Å². The molecule has 2 heterocycles. The van der Waals surface area contributed by atoms with E-state index in [4.69, 9.17) is 15.2 Å². The third-order valence-corrected chi connectivity index (χ3v) is 3.79. The Labute approximate surface area is 116 Å². The molecule has 0 bridgehead atoms. The van der Waals surface area contributed by atoms with E-state index in [9.17, 15) is 4.79 Å². The fourth-order valence-corrected chi connectivity index (χ4v) is 2.61. The van der Waals surface area contributed by atoms with E-state index in [1.54, 1.807) is 18.3 Å². The molecule has 2 aliphatic heterocycles. The number of carbonyl (C=O) groups excluding carboxylic acids is 1. The molecule has 1 aliphatic carbocycles. The molecule has 20 heavy (non-hydrogen) atoms. The quantitative estimate of drug-likeness (QED) is 0.800. The minimum absolute atomic E-state index is 0.0298. The first-order valence-electron chi connectivity index (χ1n) is 6.76. The number of rotatable bonds is 2. The number of nitrogens with zero attached hydrogens (tertiary/aromatic N) is 1. The molecule has 0 unspecified atom stereocenters. The van der Waals surface area contributed by atoms with E-state index in [1.165, 1.54) is 0 Å². The van der Waals surface area contributed by atoms with Crippen LogP contribution in [0.5, 0.6) is 0 Å². The summed E-state index contributed by atoms with van der Waals surface area (Å²) in [4.78, 5) is 16.3. The molecular weight excluding hydrogens is 258 g/mol. The zero-order chi connectivity index (χ0) is 13.7. The lowest BCUT2D eigenvalue weighted by atomic mass is 10.0. The van der Waals surface area contributed by atoms with Crippen molar-refractivity contribution in [1.82, 2.24) is 0 Å². The highest BCUT2D eigenvalue weighted by Crippen LogP contribution is 2.46. The average molecular weight is 273 g/mol. The first-order chi connectivity index (χ1) is 9.68. The van der Waals surface area contributed by atoms with Gasteiger partial charge in [-0.15, -0.1) is 0 Å². The number of nitrogens with two attached hydrogens (primary N) is 1. The number of anilines is 2. The van der Waals surface area contributed by atoms with Gasteiger partial charge < -0.3 is 20.5 Å². The summed E-state index contributed by atoms with van der Waals surface area (Å²) in [7, 11) is 0. The third kappa shape index (κ3) is 1.72. The van der Waals surface area contributed by atoms with E-state index < -0.39 is 5.79 Å². The fraction of sp³-hybridized carbons (Fsp3) is 0.429. The molecule has 1 saturated carbocycles. The second kappa shape index (κ2) is 4.04. The average Bonchev–Trinajstić information content (AvgIpc) is 3.08. The van der Waals surface area contributed by atoms with Crippen LogP contribution in [0.4, 0.5) is 17.1 Å². The van der Waals surface area contributed by atoms with Gasteiger partial charge in [0.05, 0.1) is 30.8 Å². The van der Waals surface area contributed by atoms with Crippen LogP contribution in [-0.4, -0.2) is 25.3 Å². The number of aliphatic imine (C=N–C) groups is 1. The summed E-state index contributed by atoms with van der Waals surface area (Å²) in [5.74, 6) is -0.767. The maximum atomic E-state index is 11.9. The van der Waals surface area contributed by atoms with Crippen LogP contribution in [0, 0.1) is 5.92 Å². The van der Waals surface area contributed by atoms with Gasteiger partial charge in [-0.2, -0.15) is 0 Å². The molecule has 4 rings (SSSR count). The molecule has 2 fully saturated rings. The molecule has 6 heteroatoms. The highest BCUT2D eigenvalue weighted by atomic mass is 16.7. The van der Waals surface area contributed by atoms with E-state index in [0.29, 0.717) is 30.3 Å². The number of benzene rings is 1. The lowest BCUT2D eigenvalue weighted by molar-refractivity contribution is -0.117. The van der Waals surface area contributed by atoms with Gasteiger partial charge in [0.1, 0.15) is 0 Å². The summed E-state index contributed by atoms with van der Waals surface area (Å²) in [6.45, 7) is 1.04. The largest absolute Gasteiger partial charge is 0.399 e. The van der Waals surface area contributed by atoms with Crippen LogP contribution in [0.3, 0.4) is 0 Å². The molecular formula is C14H15N3O3. The molecule has 0 atom stereocenters. The van der Waals surface area contributed by atoms with E-state index in [0.717, 1.165) is 18.4 Å². The summed E-state index contributed by atoms with van der Waals surface area (Å²) in [5.41, 5.74) is 8.56. The molecule has 1 amide bonds. The number of hydrogen-bond donors (Lipinski definition) is 2. The summed E-state index contributed by atoms with van der Waals surface area (Å²) in [6, 6.07) is 3.52. The third-order valence-electron chi connectivity index (χ3n) is 3.79. The van der Waals surface area contributed by atoms with Crippen molar-refractivity contribution in [2.24, 2.45) is 10.9 Å².